The van der Waals surface area contributed by atoms with Crippen LogP contribution in [0.15, 0.2) is 24.3 Å². The van der Waals surface area contributed by atoms with E-state index in [1.165, 1.54) is 11.9 Å². The molecule has 0 aliphatic heterocycles. The predicted molar refractivity (Wildman–Crippen MR) is 160 cm³/mol. The van der Waals surface area contributed by atoms with Crippen molar-refractivity contribution < 1.29 is 32.3 Å². The third-order valence-corrected chi connectivity index (χ3v) is 7.27. The van der Waals surface area contributed by atoms with E-state index in [0.29, 0.717) is 12.0 Å². The van der Waals surface area contributed by atoms with Gasteiger partial charge in [-0.05, 0) is 79.0 Å². The Morgan fingerprint density at radius 1 is 1.02 bits per heavy atom. The Balaban J connectivity index is 3.20. The van der Waals surface area contributed by atoms with Gasteiger partial charge in [-0.1, -0.05) is 19.1 Å². The first-order chi connectivity index (χ1) is 19.3. The van der Waals surface area contributed by atoms with Gasteiger partial charge in [0.1, 0.15) is 17.7 Å². The van der Waals surface area contributed by atoms with Crippen LogP contribution in [-0.2, 0) is 35.6 Å². The van der Waals surface area contributed by atoms with Crippen LogP contribution in [0, 0.1) is 11.3 Å². The summed E-state index contributed by atoms with van der Waals surface area (Å²) in [4.78, 5) is 40.6. The molecule has 1 aromatic rings. The normalized spacial score (nSPS) is 14.2. The Morgan fingerprint density at radius 3 is 2.12 bits per heavy atom. The van der Waals surface area contributed by atoms with E-state index in [-0.39, 0.29) is 25.3 Å². The van der Waals surface area contributed by atoms with E-state index in [0.717, 1.165) is 5.56 Å². The molecular formula is C29H47N5O7S. The number of hydrogen-bond donors (Lipinski definition) is 3. The first kappa shape index (κ1) is 36.8. The number of sulfonamides is 1. The Hall–Kier alpha value is -3.21. The maximum atomic E-state index is 13.5. The van der Waals surface area contributed by atoms with Crippen LogP contribution in [0.2, 0.25) is 0 Å². The Labute approximate surface area is 250 Å². The topological polar surface area (TPSA) is 167 Å². The molecule has 3 atom stereocenters. The second kappa shape index (κ2) is 15.9. The van der Waals surface area contributed by atoms with Crippen LogP contribution in [0.25, 0.3) is 0 Å². The van der Waals surface area contributed by atoms with Crippen LogP contribution in [0.3, 0.4) is 0 Å². The third-order valence-electron chi connectivity index (χ3n) is 5.71. The fraction of sp³-hybridized carbons (Fsp3) is 0.655. The highest BCUT2D eigenvalue weighted by atomic mass is 32.2. The lowest BCUT2D eigenvalue weighted by molar-refractivity contribution is -0.134. The largest absolute Gasteiger partial charge is 0.444 e. The highest BCUT2D eigenvalue weighted by Gasteiger charge is 2.35. The number of carbonyl (C=O) groups is 3. The quantitative estimate of drug-likeness (QED) is 0.289. The van der Waals surface area contributed by atoms with Gasteiger partial charge >= 0.3 is 6.09 Å². The van der Waals surface area contributed by atoms with Gasteiger partial charge in [0, 0.05) is 20.1 Å². The number of nitrogens with one attached hydrogen (secondary N) is 3. The molecule has 13 heteroatoms. The van der Waals surface area contributed by atoms with Gasteiger partial charge in [-0.2, -0.15) is 5.26 Å². The molecule has 42 heavy (non-hydrogen) atoms. The van der Waals surface area contributed by atoms with Crippen LogP contribution in [-0.4, -0.2) is 80.0 Å². The lowest BCUT2D eigenvalue weighted by Gasteiger charge is -2.32. The summed E-state index contributed by atoms with van der Waals surface area (Å²) >= 11 is 0. The highest BCUT2D eigenvalue weighted by molar-refractivity contribution is 7.89. The summed E-state index contributed by atoms with van der Waals surface area (Å²) in [5.41, 5.74) is -0.190. The second-order valence-electron chi connectivity index (χ2n) is 12.1. The van der Waals surface area contributed by atoms with Crippen molar-refractivity contribution >= 4 is 27.9 Å². The summed E-state index contributed by atoms with van der Waals surface area (Å²) in [6.07, 6.45) is -1.11. The molecule has 0 aliphatic carbocycles. The lowest BCUT2D eigenvalue weighted by atomic mass is 10.1. The van der Waals surface area contributed by atoms with E-state index in [4.69, 9.17) is 14.7 Å². The Kier molecular flexibility index (Phi) is 13.9. The number of ether oxygens (including phenoxy) is 2. The molecule has 1 rings (SSSR count). The van der Waals surface area contributed by atoms with Crippen molar-refractivity contribution in [3.8, 4) is 6.07 Å². The maximum absolute atomic E-state index is 13.5. The van der Waals surface area contributed by atoms with Crippen LogP contribution >= 0.6 is 0 Å². The zero-order valence-corrected chi connectivity index (χ0v) is 27.1. The van der Waals surface area contributed by atoms with Gasteiger partial charge < -0.3 is 25.0 Å². The number of nitrogens with zero attached hydrogens (tertiary/aromatic N) is 2. The zero-order chi connectivity index (χ0) is 32.3. The first-order valence-electron chi connectivity index (χ1n) is 14.0. The van der Waals surface area contributed by atoms with Gasteiger partial charge in [0.25, 0.3) is 0 Å². The minimum absolute atomic E-state index is 0.0175. The van der Waals surface area contributed by atoms with Crippen molar-refractivity contribution in [2.75, 3.05) is 19.3 Å². The Bertz CT molecular complexity index is 1200. The standard InChI is InChI=1S/C29H47N5O7S/c1-10-17-42(38,39)33-24(20(2)40-28(3,4)5)26(36)32-23(15-16-34(9)27(37)41-29(6,7)8)25(35)31-19-22-13-11-21(18-30)12-14-22/h11-14,20,23-24,33H,10,15-17,19H2,1-9H3,(H,31,35)(H,32,36)/t20?,23-,24+/m0/s1. The van der Waals surface area contributed by atoms with Crippen molar-refractivity contribution in [2.24, 2.45) is 0 Å². The summed E-state index contributed by atoms with van der Waals surface area (Å²) in [5, 5.41) is 14.4. The van der Waals surface area contributed by atoms with Gasteiger partial charge in [0.2, 0.25) is 21.8 Å². The summed E-state index contributed by atoms with van der Waals surface area (Å²) in [6, 6.07) is 6.24. The molecular weight excluding hydrogens is 562 g/mol. The van der Waals surface area contributed by atoms with E-state index < -0.39 is 57.3 Å². The van der Waals surface area contributed by atoms with Crippen molar-refractivity contribution in [3.63, 3.8) is 0 Å². The summed E-state index contributed by atoms with van der Waals surface area (Å²) in [6.45, 7) is 14.0. The molecule has 0 saturated heterocycles. The molecule has 12 nitrogen and oxygen atoms in total. The fourth-order valence-electron chi connectivity index (χ4n) is 3.80. The van der Waals surface area contributed by atoms with Gasteiger partial charge in [0.05, 0.1) is 29.1 Å². The summed E-state index contributed by atoms with van der Waals surface area (Å²) in [7, 11) is -2.31. The third kappa shape index (κ3) is 14.1. The number of rotatable bonds is 14. The number of benzene rings is 1. The number of carbonyl (C=O) groups excluding carboxylic acids is 3. The maximum Gasteiger partial charge on any atom is 0.410 e. The fourth-order valence-corrected chi connectivity index (χ4v) is 5.14. The van der Waals surface area contributed by atoms with Crippen LogP contribution < -0.4 is 15.4 Å². The number of hydrogen-bond acceptors (Lipinski definition) is 8. The predicted octanol–water partition coefficient (Wildman–Crippen LogP) is 2.82. The van der Waals surface area contributed by atoms with Crippen LogP contribution in [0.4, 0.5) is 4.79 Å². The highest BCUT2D eigenvalue weighted by Crippen LogP contribution is 2.15. The van der Waals surface area contributed by atoms with E-state index in [1.807, 2.05) is 6.07 Å². The molecule has 1 unspecified atom stereocenters. The molecule has 0 fully saturated rings. The molecule has 0 bridgehead atoms. The molecule has 0 saturated carbocycles. The van der Waals surface area contributed by atoms with E-state index in [2.05, 4.69) is 15.4 Å². The second-order valence-corrected chi connectivity index (χ2v) is 14.0. The minimum atomic E-state index is -3.82. The minimum Gasteiger partial charge on any atom is -0.444 e. The average Bonchev–Trinajstić information content (AvgIpc) is 2.86. The molecule has 1 aromatic carbocycles. The van der Waals surface area contributed by atoms with Gasteiger partial charge in [-0.15, -0.1) is 0 Å². The van der Waals surface area contributed by atoms with Crippen LogP contribution in [0.1, 0.15) is 79.4 Å². The number of nitriles is 1. The lowest BCUT2D eigenvalue weighted by Crippen LogP contribution is -2.58. The number of amides is 3. The zero-order valence-electron chi connectivity index (χ0n) is 26.2. The van der Waals surface area contributed by atoms with Crippen molar-refractivity contribution in [1.29, 1.82) is 5.26 Å². The van der Waals surface area contributed by atoms with E-state index in [1.54, 1.807) is 79.7 Å². The molecule has 236 valence electrons. The van der Waals surface area contributed by atoms with Gasteiger partial charge in [-0.3, -0.25) is 9.59 Å². The molecule has 3 N–H and O–H groups in total. The molecule has 0 aromatic heterocycles. The first-order valence-corrected chi connectivity index (χ1v) is 15.6. The molecule has 0 radical (unpaired) electrons. The average molecular weight is 610 g/mol. The summed E-state index contributed by atoms with van der Waals surface area (Å²) < 4.78 is 39.0. The van der Waals surface area contributed by atoms with Crippen molar-refractivity contribution in [3.05, 3.63) is 35.4 Å². The molecule has 3 amide bonds. The smallest absolute Gasteiger partial charge is 0.410 e. The SMILES string of the molecule is CCCS(=O)(=O)N[C@@H](C(=O)N[C@@H](CCN(C)C(=O)OC(C)(C)C)C(=O)NCc1ccc(C#N)cc1)C(C)OC(C)(C)C. The van der Waals surface area contributed by atoms with Gasteiger partial charge in [0.15, 0.2) is 0 Å². The monoisotopic (exact) mass is 609 g/mol. The van der Waals surface area contributed by atoms with E-state index >= 15 is 0 Å². The van der Waals surface area contributed by atoms with Crippen molar-refractivity contribution in [1.82, 2.24) is 20.3 Å². The summed E-state index contributed by atoms with van der Waals surface area (Å²) in [5.74, 6) is -1.47. The van der Waals surface area contributed by atoms with Crippen LogP contribution in [0.5, 0.6) is 0 Å². The van der Waals surface area contributed by atoms with E-state index in [9.17, 15) is 22.8 Å². The molecule has 0 heterocycles. The Morgan fingerprint density at radius 2 is 1.62 bits per heavy atom. The molecule has 0 aliphatic rings. The molecule has 0 spiro atoms. The van der Waals surface area contributed by atoms with Gasteiger partial charge in [-0.25, -0.2) is 17.9 Å². The van der Waals surface area contributed by atoms with Crippen molar-refractivity contribution in [2.45, 2.75) is 104 Å².